The number of piperazine rings is 1. The Hall–Kier alpha value is -3.05. The smallest absolute Gasteiger partial charge is 0.254 e. The Morgan fingerprint density at radius 2 is 1.56 bits per heavy atom. The molecule has 2 fully saturated rings. The van der Waals surface area contributed by atoms with Gasteiger partial charge in [-0.1, -0.05) is 42.8 Å². The van der Waals surface area contributed by atoms with Gasteiger partial charge in [-0.2, -0.15) is 0 Å². The maximum Gasteiger partial charge on any atom is 0.254 e. The summed E-state index contributed by atoms with van der Waals surface area (Å²) in [6.45, 7) is 9.71. The standard InChI is InChI=1S/C31H39N3O2/c1-24-8-5-9-25(2)34(24)18-7-23-36-28-16-14-27(15-17-28)32-19-21-33(22-20-32)31(35)30-13-6-11-26-10-3-4-12-29(26)30/h3-4,6,10-17,24-25H,5,7-9,18-23H2,1-2H3/t24-,25+. The fraction of sp³-hybridized carbons (Fsp3) is 0.452. The Morgan fingerprint density at radius 1 is 0.861 bits per heavy atom. The van der Waals surface area contributed by atoms with Crippen molar-refractivity contribution in [3.8, 4) is 5.75 Å². The van der Waals surface area contributed by atoms with Crippen LogP contribution in [-0.2, 0) is 0 Å². The molecule has 0 N–H and O–H groups in total. The number of fused-ring (bicyclic) bond motifs is 1. The van der Waals surface area contributed by atoms with Crippen molar-refractivity contribution in [2.75, 3.05) is 44.2 Å². The Balaban J connectivity index is 1.10. The van der Waals surface area contributed by atoms with E-state index in [2.05, 4.69) is 60.0 Å². The van der Waals surface area contributed by atoms with Crippen LogP contribution in [0.25, 0.3) is 10.8 Å². The predicted octanol–water partition coefficient (Wildman–Crippen LogP) is 5.83. The van der Waals surface area contributed by atoms with Gasteiger partial charge in [0.25, 0.3) is 5.91 Å². The normalized spacial score (nSPS) is 21.1. The minimum absolute atomic E-state index is 0.128. The molecule has 3 aromatic rings. The van der Waals surface area contributed by atoms with Gasteiger partial charge in [-0.25, -0.2) is 0 Å². The number of benzene rings is 3. The third-order valence-corrected chi connectivity index (χ3v) is 7.99. The van der Waals surface area contributed by atoms with Crippen LogP contribution in [0.1, 0.15) is 49.9 Å². The van der Waals surface area contributed by atoms with E-state index in [4.69, 9.17) is 4.74 Å². The van der Waals surface area contributed by atoms with Gasteiger partial charge in [0.05, 0.1) is 6.61 Å². The monoisotopic (exact) mass is 485 g/mol. The minimum atomic E-state index is 0.128. The lowest BCUT2D eigenvalue weighted by atomic mass is 9.97. The van der Waals surface area contributed by atoms with E-state index < -0.39 is 0 Å². The van der Waals surface area contributed by atoms with Gasteiger partial charge in [0.1, 0.15) is 5.75 Å². The Bertz CT molecular complexity index is 1140. The van der Waals surface area contributed by atoms with Crippen LogP contribution in [0.2, 0.25) is 0 Å². The van der Waals surface area contributed by atoms with Gasteiger partial charge in [-0.05, 0) is 74.2 Å². The third-order valence-electron chi connectivity index (χ3n) is 7.99. The molecule has 0 bridgehead atoms. The van der Waals surface area contributed by atoms with E-state index >= 15 is 0 Å². The lowest BCUT2D eigenvalue weighted by molar-refractivity contribution is 0.0749. The van der Waals surface area contributed by atoms with Crippen LogP contribution in [0.15, 0.2) is 66.7 Å². The highest BCUT2D eigenvalue weighted by molar-refractivity contribution is 6.07. The molecule has 1 amide bonds. The first-order chi connectivity index (χ1) is 17.6. The fourth-order valence-electron chi connectivity index (χ4n) is 5.86. The summed E-state index contributed by atoms with van der Waals surface area (Å²) in [5.74, 6) is 1.06. The zero-order valence-corrected chi connectivity index (χ0v) is 21.7. The van der Waals surface area contributed by atoms with E-state index in [-0.39, 0.29) is 5.91 Å². The molecular weight excluding hydrogens is 446 g/mol. The highest BCUT2D eigenvalue weighted by atomic mass is 16.5. The van der Waals surface area contributed by atoms with Gasteiger partial charge in [0, 0.05) is 56.1 Å². The lowest BCUT2D eigenvalue weighted by Gasteiger charge is -2.39. The van der Waals surface area contributed by atoms with Crippen LogP contribution in [0, 0.1) is 0 Å². The van der Waals surface area contributed by atoms with E-state index in [0.29, 0.717) is 12.1 Å². The number of amides is 1. The van der Waals surface area contributed by atoms with E-state index in [9.17, 15) is 4.79 Å². The number of carbonyl (C=O) groups excluding carboxylic acids is 1. The molecule has 0 spiro atoms. The summed E-state index contributed by atoms with van der Waals surface area (Å²) < 4.78 is 6.04. The molecule has 0 unspecified atom stereocenters. The summed E-state index contributed by atoms with van der Waals surface area (Å²) >= 11 is 0. The third kappa shape index (κ3) is 5.52. The van der Waals surface area contributed by atoms with E-state index in [1.807, 2.05) is 35.2 Å². The average Bonchev–Trinajstić information content (AvgIpc) is 2.92. The molecule has 36 heavy (non-hydrogen) atoms. The van der Waals surface area contributed by atoms with Crippen molar-refractivity contribution in [2.45, 2.75) is 51.6 Å². The molecule has 0 saturated carbocycles. The molecule has 5 nitrogen and oxygen atoms in total. The lowest BCUT2D eigenvalue weighted by Crippen LogP contribution is -2.48. The molecular formula is C31H39N3O2. The second-order valence-corrected chi connectivity index (χ2v) is 10.4. The van der Waals surface area contributed by atoms with Gasteiger partial charge < -0.3 is 14.5 Å². The molecule has 2 atom stereocenters. The maximum atomic E-state index is 13.3. The van der Waals surface area contributed by atoms with Crippen LogP contribution in [0.5, 0.6) is 5.75 Å². The average molecular weight is 486 g/mol. The molecule has 5 heteroatoms. The maximum absolute atomic E-state index is 13.3. The molecule has 190 valence electrons. The summed E-state index contributed by atoms with van der Waals surface area (Å²) in [6.07, 6.45) is 5.05. The Labute approximate surface area is 215 Å². The number of likely N-dealkylation sites (tertiary alicyclic amines) is 1. The zero-order valence-electron chi connectivity index (χ0n) is 21.7. The van der Waals surface area contributed by atoms with Crippen LogP contribution >= 0.6 is 0 Å². The number of nitrogens with zero attached hydrogens (tertiary/aromatic N) is 3. The van der Waals surface area contributed by atoms with Crippen LogP contribution in [0.4, 0.5) is 5.69 Å². The molecule has 2 aliphatic heterocycles. The first kappa shape index (κ1) is 24.6. The number of hydrogen-bond acceptors (Lipinski definition) is 4. The Morgan fingerprint density at radius 3 is 2.31 bits per heavy atom. The second-order valence-electron chi connectivity index (χ2n) is 10.4. The highest BCUT2D eigenvalue weighted by Gasteiger charge is 2.25. The van der Waals surface area contributed by atoms with Crippen LogP contribution in [0.3, 0.4) is 0 Å². The molecule has 2 saturated heterocycles. The van der Waals surface area contributed by atoms with Crippen molar-refractivity contribution >= 4 is 22.4 Å². The van der Waals surface area contributed by atoms with Gasteiger partial charge in [0.2, 0.25) is 0 Å². The number of hydrogen-bond donors (Lipinski definition) is 0. The SMILES string of the molecule is C[C@@H]1CCC[C@H](C)N1CCCOc1ccc(N2CCN(C(=O)c3cccc4ccccc34)CC2)cc1. The molecule has 0 aromatic heterocycles. The van der Waals surface area contributed by atoms with Crippen molar-refractivity contribution in [3.05, 3.63) is 72.3 Å². The van der Waals surface area contributed by atoms with E-state index in [1.54, 1.807) is 0 Å². The van der Waals surface area contributed by atoms with Crippen molar-refractivity contribution in [1.82, 2.24) is 9.80 Å². The van der Waals surface area contributed by atoms with Gasteiger partial charge in [-0.3, -0.25) is 9.69 Å². The first-order valence-corrected chi connectivity index (χ1v) is 13.6. The number of piperidine rings is 1. The van der Waals surface area contributed by atoms with Gasteiger partial charge >= 0.3 is 0 Å². The molecule has 5 rings (SSSR count). The highest BCUT2D eigenvalue weighted by Crippen LogP contribution is 2.25. The van der Waals surface area contributed by atoms with Crippen LogP contribution < -0.4 is 9.64 Å². The summed E-state index contributed by atoms with van der Waals surface area (Å²) in [4.78, 5) is 20.2. The van der Waals surface area contributed by atoms with Crippen molar-refractivity contribution in [2.24, 2.45) is 0 Å². The summed E-state index contributed by atoms with van der Waals surface area (Å²) in [5, 5.41) is 2.14. The van der Waals surface area contributed by atoms with E-state index in [0.717, 1.165) is 67.8 Å². The molecule has 2 aliphatic rings. The molecule has 2 heterocycles. The zero-order chi connectivity index (χ0) is 24.9. The topological polar surface area (TPSA) is 36.0 Å². The largest absolute Gasteiger partial charge is 0.494 e. The Kier molecular flexibility index (Phi) is 7.76. The predicted molar refractivity (Wildman–Crippen MR) is 148 cm³/mol. The fourth-order valence-corrected chi connectivity index (χ4v) is 5.86. The minimum Gasteiger partial charge on any atom is -0.494 e. The first-order valence-electron chi connectivity index (χ1n) is 13.6. The van der Waals surface area contributed by atoms with Crippen molar-refractivity contribution in [3.63, 3.8) is 0 Å². The number of ether oxygens (including phenoxy) is 1. The number of rotatable bonds is 7. The number of anilines is 1. The summed E-state index contributed by atoms with van der Waals surface area (Å²) in [5.41, 5.74) is 1.99. The van der Waals surface area contributed by atoms with E-state index in [1.165, 1.54) is 24.9 Å². The van der Waals surface area contributed by atoms with Gasteiger partial charge in [0.15, 0.2) is 0 Å². The van der Waals surface area contributed by atoms with Crippen molar-refractivity contribution < 1.29 is 9.53 Å². The second kappa shape index (κ2) is 11.3. The summed E-state index contributed by atoms with van der Waals surface area (Å²) in [6, 6.07) is 23.9. The van der Waals surface area contributed by atoms with Gasteiger partial charge in [-0.15, -0.1) is 0 Å². The molecule has 0 radical (unpaired) electrons. The van der Waals surface area contributed by atoms with Crippen LogP contribution in [-0.4, -0.2) is 67.1 Å². The summed E-state index contributed by atoms with van der Waals surface area (Å²) in [7, 11) is 0. The van der Waals surface area contributed by atoms with Crippen molar-refractivity contribution in [1.29, 1.82) is 0 Å². The number of carbonyl (C=O) groups is 1. The molecule has 3 aromatic carbocycles. The quantitative estimate of drug-likeness (QED) is 0.394. The molecule has 0 aliphatic carbocycles.